The minimum Gasteiger partial charge on any atom is -0.346 e. The number of nitrogens with zero attached hydrogens (tertiary/aromatic N) is 4. The summed E-state index contributed by atoms with van der Waals surface area (Å²) in [7, 11) is 0. The van der Waals surface area contributed by atoms with Crippen molar-refractivity contribution in [2.75, 3.05) is 16.9 Å². The first kappa shape index (κ1) is 13.5. The first-order valence-electron chi connectivity index (χ1n) is 6.14. The fourth-order valence-corrected chi connectivity index (χ4v) is 2.52. The van der Waals surface area contributed by atoms with E-state index >= 15 is 0 Å². The molecule has 8 heteroatoms. The van der Waals surface area contributed by atoms with Crippen LogP contribution in [0.2, 0.25) is 0 Å². The van der Waals surface area contributed by atoms with Crippen LogP contribution < -0.4 is 16.2 Å². The maximum atomic E-state index is 11.3. The first-order valence-corrected chi connectivity index (χ1v) is 6.14. The van der Waals surface area contributed by atoms with Crippen LogP contribution in [0.3, 0.4) is 0 Å². The van der Waals surface area contributed by atoms with E-state index in [1.165, 1.54) is 0 Å². The average molecular weight is 266 g/mol. The number of rotatable bonds is 3. The zero-order valence-corrected chi connectivity index (χ0v) is 11.3. The van der Waals surface area contributed by atoms with Crippen LogP contribution in [-0.2, 0) is 0 Å². The summed E-state index contributed by atoms with van der Waals surface area (Å²) in [5.74, 6) is 5.85. The highest BCUT2D eigenvalue weighted by atomic mass is 16.6. The van der Waals surface area contributed by atoms with Crippen LogP contribution in [0.1, 0.15) is 32.4 Å². The van der Waals surface area contributed by atoms with Gasteiger partial charge in [0.1, 0.15) is 5.69 Å². The molecule has 0 aromatic carbocycles. The lowest BCUT2D eigenvalue weighted by atomic mass is 10.0. The highest BCUT2D eigenvalue weighted by molar-refractivity contribution is 5.64. The summed E-state index contributed by atoms with van der Waals surface area (Å²) in [6.07, 6.45) is 1.96. The van der Waals surface area contributed by atoms with Crippen molar-refractivity contribution >= 4 is 17.5 Å². The van der Waals surface area contributed by atoms with Crippen LogP contribution in [-0.4, -0.2) is 27.0 Å². The zero-order valence-electron chi connectivity index (χ0n) is 11.3. The van der Waals surface area contributed by atoms with E-state index in [-0.39, 0.29) is 17.2 Å². The number of hydrazine groups is 1. The summed E-state index contributed by atoms with van der Waals surface area (Å²) in [5.41, 5.74) is 2.46. The predicted octanol–water partition coefficient (Wildman–Crippen LogP) is 1.36. The van der Waals surface area contributed by atoms with E-state index in [0.29, 0.717) is 11.5 Å². The van der Waals surface area contributed by atoms with Gasteiger partial charge in [0.2, 0.25) is 11.8 Å². The third-order valence-electron chi connectivity index (χ3n) is 3.51. The third kappa shape index (κ3) is 2.30. The predicted molar refractivity (Wildman–Crippen MR) is 71.9 cm³/mol. The Morgan fingerprint density at radius 2 is 2.16 bits per heavy atom. The van der Waals surface area contributed by atoms with Gasteiger partial charge in [0.05, 0.1) is 4.92 Å². The number of aryl methyl sites for hydroxylation is 1. The van der Waals surface area contributed by atoms with Gasteiger partial charge in [-0.1, -0.05) is 0 Å². The highest BCUT2D eigenvalue weighted by Crippen LogP contribution is 2.38. The molecule has 0 unspecified atom stereocenters. The molecule has 1 aromatic rings. The molecule has 1 aliphatic heterocycles. The highest BCUT2D eigenvalue weighted by Gasteiger charge is 2.38. The van der Waals surface area contributed by atoms with Gasteiger partial charge in [-0.3, -0.25) is 15.5 Å². The third-order valence-corrected chi connectivity index (χ3v) is 3.51. The monoisotopic (exact) mass is 266 g/mol. The van der Waals surface area contributed by atoms with E-state index < -0.39 is 4.92 Å². The van der Waals surface area contributed by atoms with Crippen LogP contribution >= 0.6 is 0 Å². The maximum Gasteiger partial charge on any atom is 0.332 e. The molecule has 0 amide bonds. The van der Waals surface area contributed by atoms with E-state index in [0.717, 1.165) is 19.4 Å². The van der Waals surface area contributed by atoms with Crippen LogP contribution in [0.4, 0.5) is 17.5 Å². The Kier molecular flexibility index (Phi) is 3.27. The minimum absolute atomic E-state index is 0.0472. The number of hydrogen-bond donors (Lipinski definition) is 2. The van der Waals surface area contributed by atoms with Gasteiger partial charge in [-0.2, -0.15) is 4.98 Å². The Balaban J connectivity index is 2.60. The number of anilines is 2. The van der Waals surface area contributed by atoms with Crippen LogP contribution in [0.5, 0.6) is 0 Å². The van der Waals surface area contributed by atoms with Crippen molar-refractivity contribution in [1.29, 1.82) is 0 Å². The van der Waals surface area contributed by atoms with Gasteiger partial charge >= 0.3 is 5.69 Å². The molecule has 1 fully saturated rings. The van der Waals surface area contributed by atoms with Crippen LogP contribution in [0.25, 0.3) is 0 Å². The molecule has 1 aliphatic rings. The lowest BCUT2D eigenvalue weighted by Gasteiger charge is -2.32. The molecule has 3 N–H and O–H groups in total. The minimum atomic E-state index is -0.431. The zero-order chi connectivity index (χ0) is 14.2. The second-order valence-electron chi connectivity index (χ2n) is 5.27. The second-order valence-corrected chi connectivity index (χ2v) is 5.27. The van der Waals surface area contributed by atoms with Gasteiger partial charge in [0, 0.05) is 12.1 Å². The van der Waals surface area contributed by atoms with Gasteiger partial charge < -0.3 is 4.90 Å². The average Bonchev–Trinajstić information content (AvgIpc) is 2.67. The van der Waals surface area contributed by atoms with Gasteiger partial charge in [-0.05, 0) is 33.6 Å². The van der Waals surface area contributed by atoms with Gasteiger partial charge in [0.15, 0.2) is 0 Å². The second kappa shape index (κ2) is 4.61. The number of nitrogens with two attached hydrogens (primary N) is 1. The molecular weight excluding hydrogens is 248 g/mol. The largest absolute Gasteiger partial charge is 0.346 e. The van der Waals surface area contributed by atoms with Gasteiger partial charge in [-0.15, -0.1) is 0 Å². The molecule has 104 valence electrons. The molecule has 0 aliphatic carbocycles. The number of nitrogen functional groups attached to an aromatic ring is 1. The summed E-state index contributed by atoms with van der Waals surface area (Å²) < 4.78 is 0. The van der Waals surface area contributed by atoms with Gasteiger partial charge in [0.25, 0.3) is 0 Å². The molecule has 0 saturated carbocycles. The molecular formula is C11H18N6O2. The van der Waals surface area contributed by atoms with Crippen molar-refractivity contribution in [1.82, 2.24) is 9.97 Å². The van der Waals surface area contributed by atoms with E-state index in [2.05, 4.69) is 29.2 Å². The topological polar surface area (TPSA) is 110 Å². The molecule has 2 rings (SSSR count). The Morgan fingerprint density at radius 3 is 2.63 bits per heavy atom. The Bertz CT molecular complexity index is 516. The fourth-order valence-electron chi connectivity index (χ4n) is 2.52. The Hall–Kier alpha value is -1.96. The van der Waals surface area contributed by atoms with Crippen molar-refractivity contribution in [2.45, 2.75) is 39.2 Å². The Labute approximate surface area is 111 Å². The molecule has 1 aromatic heterocycles. The van der Waals surface area contributed by atoms with Crippen molar-refractivity contribution in [3.63, 3.8) is 0 Å². The molecule has 19 heavy (non-hydrogen) atoms. The van der Waals surface area contributed by atoms with Crippen molar-refractivity contribution < 1.29 is 4.92 Å². The first-order chi connectivity index (χ1) is 8.86. The van der Waals surface area contributed by atoms with E-state index in [1.54, 1.807) is 6.92 Å². The summed E-state index contributed by atoms with van der Waals surface area (Å²) >= 11 is 0. The number of aromatic nitrogens is 2. The molecule has 1 saturated heterocycles. The molecule has 0 spiro atoms. The van der Waals surface area contributed by atoms with Crippen molar-refractivity contribution in [3.05, 3.63) is 15.8 Å². The van der Waals surface area contributed by atoms with Crippen molar-refractivity contribution in [2.24, 2.45) is 5.84 Å². The maximum absolute atomic E-state index is 11.3. The smallest absolute Gasteiger partial charge is 0.332 e. The summed E-state index contributed by atoms with van der Waals surface area (Å²) in [5, 5.41) is 11.3. The molecule has 0 bridgehead atoms. The normalized spacial score (nSPS) is 17.6. The lowest BCUT2D eigenvalue weighted by Crippen LogP contribution is -2.39. The van der Waals surface area contributed by atoms with E-state index in [4.69, 9.17) is 5.84 Å². The summed E-state index contributed by atoms with van der Waals surface area (Å²) in [6, 6.07) is 0. The van der Waals surface area contributed by atoms with Crippen molar-refractivity contribution in [3.8, 4) is 0 Å². The molecule has 0 radical (unpaired) electrons. The molecule has 0 atom stereocenters. The van der Waals surface area contributed by atoms with E-state index in [1.807, 2.05) is 4.90 Å². The number of hydrogen-bond acceptors (Lipinski definition) is 7. The number of nitrogens with one attached hydrogen (secondary N) is 1. The SMILES string of the molecule is Cc1nc(NN)nc(N2CCCC2(C)C)c1[N+](=O)[O-]. The summed E-state index contributed by atoms with van der Waals surface area (Å²) in [4.78, 5) is 21.0. The number of nitro groups is 1. The fraction of sp³-hybridized carbons (Fsp3) is 0.636. The standard InChI is InChI=1S/C11H18N6O2/c1-7-8(17(18)19)9(14-10(13-7)15-12)16-6-4-5-11(16,2)3/h4-6,12H2,1-3H3,(H,13,14,15). The van der Waals surface area contributed by atoms with Gasteiger partial charge in [-0.25, -0.2) is 10.8 Å². The van der Waals surface area contributed by atoms with E-state index in [9.17, 15) is 10.1 Å². The Morgan fingerprint density at radius 1 is 1.47 bits per heavy atom. The van der Waals surface area contributed by atoms with Crippen LogP contribution in [0.15, 0.2) is 0 Å². The van der Waals surface area contributed by atoms with Crippen LogP contribution in [0, 0.1) is 17.0 Å². The summed E-state index contributed by atoms with van der Waals surface area (Å²) in [6.45, 7) is 6.44. The molecule has 2 heterocycles. The molecule has 8 nitrogen and oxygen atoms in total. The quantitative estimate of drug-likeness (QED) is 0.482. The lowest BCUT2D eigenvalue weighted by molar-refractivity contribution is -0.385.